The van der Waals surface area contributed by atoms with Gasteiger partial charge in [-0.15, -0.1) is 0 Å². The maximum Gasteiger partial charge on any atom is 0.329 e. The fourth-order valence-corrected chi connectivity index (χ4v) is 2.49. The average molecular weight is 270 g/mol. The minimum Gasteiger partial charge on any atom is -0.480 e. The van der Waals surface area contributed by atoms with Gasteiger partial charge in [-0.05, 0) is 33.6 Å². The van der Waals surface area contributed by atoms with Crippen LogP contribution < -0.4 is 0 Å². The van der Waals surface area contributed by atoms with Crippen LogP contribution in [0.2, 0.25) is 0 Å². The van der Waals surface area contributed by atoms with Crippen molar-refractivity contribution < 1.29 is 14.7 Å². The molecular weight excluding hydrogens is 244 g/mol. The number of aliphatic carboxylic acids is 1. The van der Waals surface area contributed by atoms with Gasteiger partial charge >= 0.3 is 12.0 Å². The number of nitrogens with zero attached hydrogens (tertiary/aromatic N) is 2. The number of amides is 2. The highest BCUT2D eigenvalue weighted by Gasteiger charge is 2.38. The van der Waals surface area contributed by atoms with Gasteiger partial charge in [0.2, 0.25) is 0 Å². The molecule has 5 nitrogen and oxygen atoms in total. The molecule has 110 valence electrons. The lowest BCUT2D eigenvalue weighted by Gasteiger charge is -2.38. The van der Waals surface area contributed by atoms with Crippen LogP contribution in [0.4, 0.5) is 4.79 Å². The number of hydrogen-bond donors (Lipinski definition) is 1. The first-order valence-electron chi connectivity index (χ1n) is 7.21. The molecule has 0 aromatic heterocycles. The van der Waals surface area contributed by atoms with Crippen molar-refractivity contribution in [3.05, 3.63) is 0 Å². The number of rotatable bonds is 3. The average Bonchev–Trinajstić information content (AvgIpc) is 2.28. The van der Waals surface area contributed by atoms with E-state index >= 15 is 0 Å². The highest BCUT2D eigenvalue weighted by molar-refractivity contribution is 5.85. The van der Waals surface area contributed by atoms with Crippen LogP contribution in [0.3, 0.4) is 0 Å². The van der Waals surface area contributed by atoms with Crippen molar-refractivity contribution in [2.45, 2.75) is 58.4 Å². The van der Waals surface area contributed by atoms with E-state index < -0.39 is 11.5 Å². The second-order valence-corrected chi connectivity index (χ2v) is 5.65. The molecule has 1 fully saturated rings. The molecule has 0 aromatic carbocycles. The van der Waals surface area contributed by atoms with Gasteiger partial charge in [0.15, 0.2) is 0 Å². The molecule has 2 amide bonds. The second kappa shape index (κ2) is 6.78. The van der Waals surface area contributed by atoms with Crippen LogP contribution in [0.15, 0.2) is 0 Å². The Morgan fingerprint density at radius 3 is 2.00 bits per heavy atom. The Balaban J connectivity index is 2.79. The number of hydrogen-bond acceptors (Lipinski definition) is 2. The van der Waals surface area contributed by atoms with E-state index in [-0.39, 0.29) is 6.03 Å². The summed E-state index contributed by atoms with van der Waals surface area (Å²) in [5.74, 6) is -0.963. The van der Waals surface area contributed by atoms with Crippen LogP contribution in [0.1, 0.15) is 52.9 Å². The molecule has 5 heteroatoms. The summed E-state index contributed by atoms with van der Waals surface area (Å²) in [4.78, 5) is 27.1. The van der Waals surface area contributed by atoms with E-state index in [1.807, 2.05) is 11.8 Å². The van der Waals surface area contributed by atoms with Crippen molar-refractivity contribution in [1.29, 1.82) is 0 Å². The summed E-state index contributed by atoms with van der Waals surface area (Å²) in [6, 6.07) is -0.142. The summed E-state index contributed by atoms with van der Waals surface area (Å²) < 4.78 is 0. The summed E-state index contributed by atoms with van der Waals surface area (Å²) >= 11 is 0. The molecule has 1 aliphatic heterocycles. The molecule has 0 radical (unpaired) electrons. The van der Waals surface area contributed by atoms with E-state index in [4.69, 9.17) is 0 Å². The van der Waals surface area contributed by atoms with Crippen LogP contribution in [0.25, 0.3) is 0 Å². The quantitative estimate of drug-likeness (QED) is 0.857. The monoisotopic (exact) mass is 270 g/mol. The van der Waals surface area contributed by atoms with Gasteiger partial charge in [-0.25, -0.2) is 9.59 Å². The van der Waals surface area contributed by atoms with Gasteiger partial charge in [0.25, 0.3) is 0 Å². The normalized spacial score (nSPS) is 17.5. The van der Waals surface area contributed by atoms with Gasteiger partial charge in [0.1, 0.15) is 5.54 Å². The zero-order valence-electron chi connectivity index (χ0n) is 12.3. The molecule has 1 aliphatic rings. The summed E-state index contributed by atoms with van der Waals surface area (Å²) in [6.07, 6.45) is 5.56. The smallest absolute Gasteiger partial charge is 0.329 e. The number of urea groups is 1. The van der Waals surface area contributed by atoms with Crippen LogP contribution in [0.5, 0.6) is 0 Å². The number of likely N-dealkylation sites (N-methyl/N-ethyl adjacent to an activating group) is 1. The SMILES string of the molecule is CCN(C(=O)N1CCCCCCC1)C(C)(C)C(=O)O. The van der Waals surface area contributed by atoms with E-state index in [9.17, 15) is 14.7 Å². The third-order valence-electron chi connectivity index (χ3n) is 3.87. The zero-order chi connectivity index (χ0) is 14.5. The minimum absolute atomic E-state index is 0.142. The largest absolute Gasteiger partial charge is 0.480 e. The first-order chi connectivity index (χ1) is 8.91. The Kier molecular flexibility index (Phi) is 5.63. The van der Waals surface area contributed by atoms with Crippen LogP contribution in [-0.2, 0) is 4.79 Å². The number of likely N-dealkylation sites (tertiary alicyclic amines) is 1. The predicted octanol–water partition coefficient (Wildman–Crippen LogP) is 2.56. The van der Waals surface area contributed by atoms with Gasteiger partial charge in [-0.2, -0.15) is 0 Å². The Morgan fingerprint density at radius 2 is 1.58 bits per heavy atom. The molecule has 1 saturated heterocycles. The lowest BCUT2D eigenvalue weighted by molar-refractivity contribution is -0.147. The molecule has 0 atom stereocenters. The summed E-state index contributed by atoms with van der Waals surface area (Å²) in [5, 5.41) is 9.28. The summed E-state index contributed by atoms with van der Waals surface area (Å²) in [7, 11) is 0. The molecule has 0 bridgehead atoms. The van der Waals surface area contributed by atoms with Gasteiger partial charge < -0.3 is 14.9 Å². The van der Waals surface area contributed by atoms with Crippen LogP contribution >= 0.6 is 0 Å². The van der Waals surface area contributed by atoms with E-state index in [2.05, 4.69) is 0 Å². The third kappa shape index (κ3) is 3.85. The van der Waals surface area contributed by atoms with E-state index in [0.29, 0.717) is 6.54 Å². The number of carbonyl (C=O) groups is 2. The molecule has 0 spiro atoms. The lowest BCUT2D eigenvalue weighted by Crippen LogP contribution is -2.57. The van der Waals surface area contributed by atoms with Crippen LogP contribution in [-0.4, -0.2) is 52.1 Å². The summed E-state index contributed by atoms with van der Waals surface area (Å²) in [6.45, 7) is 6.89. The number of carbonyl (C=O) groups excluding carboxylic acids is 1. The fraction of sp³-hybridized carbons (Fsp3) is 0.857. The van der Waals surface area contributed by atoms with E-state index in [0.717, 1.165) is 38.8 Å². The standard InChI is InChI=1S/C14H26N2O3/c1-4-16(14(2,3)12(17)18)13(19)15-10-8-6-5-7-9-11-15/h4-11H2,1-3H3,(H,17,18). The number of carboxylic acid groups (broad SMARTS) is 1. The van der Waals surface area contributed by atoms with Crippen molar-refractivity contribution in [3.63, 3.8) is 0 Å². The van der Waals surface area contributed by atoms with Crippen molar-refractivity contribution in [2.75, 3.05) is 19.6 Å². The fourth-order valence-electron chi connectivity index (χ4n) is 2.49. The van der Waals surface area contributed by atoms with Gasteiger partial charge in [0.05, 0.1) is 0 Å². The second-order valence-electron chi connectivity index (χ2n) is 5.65. The van der Waals surface area contributed by atoms with Gasteiger partial charge in [-0.1, -0.05) is 19.3 Å². The Morgan fingerprint density at radius 1 is 1.11 bits per heavy atom. The first kappa shape index (κ1) is 15.8. The highest BCUT2D eigenvalue weighted by atomic mass is 16.4. The maximum atomic E-state index is 12.5. The lowest BCUT2D eigenvalue weighted by atomic mass is 10.0. The van der Waals surface area contributed by atoms with Crippen LogP contribution in [0, 0.1) is 0 Å². The van der Waals surface area contributed by atoms with Crippen molar-refractivity contribution in [2.24, 2.45) is 0 Å². The molecule has 0 aliphatic carbocycles. The predicted molar refractivity (Wildman–Crippen MR) is 74.1 cm³/mol. The Labute approximate surface area is 115 Å². The minimum atomic E-state index is -1.16. The van der Waals surface area contributed by atoms with E-state index in [1.54, 1.807) is 13.8 Å². The third-order valence-corrected chi connectivity index (χ3v) is 3.87. The maximum absolute atomic E-state index is 12.5. The highest BCUT2D eigenvalue weighted by Crippen LogP contribution is 2.19. The number of carboxylic acids is 1. The van der Waals surface area contributed by atoms with E-state index in [1.165, 1.54) is 11.3 Å². The van der Waals surface area contributed by atoms with Gasteiger partial charge in [0, 0.05) is 19.6 Å². The Bertz CT molecular complexity index is 321. The molecule has 1 N–H and O–H groups in total. The van der Waals surface area contributed by atoms with Crippen molar-refractivity contribution in [1.82, 2.24) is 9.80 Å². The first-order valence-corrected chi connectivity index (χ1v) is 7.21. The molecule has 1 rings (SSSR count). The molecule has 0 unspecified atom stereocenters. The zero-order valence-corrected chi connectivity index (χ0v) is 12.3. The molecule has 0 saturated carbocycles. The Hall–Kier alpha value is -1.26. The molecule has 1 heterocycles. The molecular formula is C14H26N2O3. The molecule has 19 heavy (non-hydrogen) atoms. The topological polar surface area (TPSA) is 60.9 Å². The van der Waals surface area contributed by atoms with Gasteiger partial charge in [-0.3, -0.25) is 0 Å². The molecule has 0 aromatic rings. The summed E-state index contributed by atoms with van der Waals surface area (Å²) in [5.41, 5.74) is -1.16. The van der Waals surface area contributed by atoms with Crippen molar-refractivity contribution >= 4 is 12.0 Å². The van der Waals surface area contributed by atoms with Crippen molar-refractivity contribution in [3.8, 4) is 0 Å².